The highest BCUT2D eigenvalue weighted by Gasteiger charge is 2.34. The molecule has 1 fully saturated rings. The summed E-state index contributed by atoms with van der Waals surface area (Å²) >= 11 is 1.58. The van der Waals surface area contributed by atoms with E-state index in [9.17, 15) is 9.59 Å². The van der Waals surface area contributed by atoms with Gasteiger partial charge in [-0.05, 0) is 87.7 Å². The van der Waals surface area contributed by atoms with Crippen LogP contribution in [0.5, 0.6) is 5.75 Å². The van der Waals surface area contributed by atoms with Crippen LogP contribution in [0.25, 0.3) is 38.4 Å². The number of hydrogen-bond acceptors (Lipinski definition) is 9. The van der Waals surface area contributed by atoms with Crippen molar-refractivity contribution in [2.45, 2.75) is 46.1 Å². The smallest absolute Gasteiger partial charge is 0.237 e. The molecule has 260 valence electrons. The van der Waals surface area contributed by atoms with E-state index >= 15 is 0 Å². The Kier molecular flexibility index (Phi) is 9.77. The number of carbonyl (C=O) groups is 2. The van der Waals surface area contributed by atoms with Crippen LogP contribution in [0.2, 0.25) is 0 Å². The number of nitrogens with zero attached hydrogens (tertiary/aromatic N) is 8. The summed E-state index contributed by atoms with van der Waals surface area (Å²) in [5.41, 5.74) is 4.74. The number of likely N-dealkylation sites (tertiary alicyclic amines) is 1. The van der Waals surface area contributed by atoms with E-state index in [0.717, 1.165) is 74.9 Å². The van der Waals surface area contributed by atoms with Crippen LogP contribution in [0.4, 0.5) is 5.69 Å². The predicted octanol–water partition coefficient (Wildman–Crippen LogP) is 5.65. The van der Waals surface area contributed by atoms with Gasteiger partial charge in [0.25, 0.3) is 0 Å². The zero-order chi connectivity index (χ0) is 34.8. The normalized spacial score (nSPS) is 16.7. The number of aryl methyl sites for hydroxylation is 1. The number of benzene rings is 2. The Morgan fingerprint density at radius 2 is 1.96 bits per heavy atom. The van der Waals surface area contributed by atoms with Crippen LogP contribution in [0.1, 0.15) is 45.0 Å². The van der Waals surface area contributed by atoms with Crippen LogP contribution in [0, 0.1) is 5.92 Å². The highest BCUT2D eigenvalue weighted by molar-refractivity contribution is 7.16. The SMILES string of the molecule is CCCN(C(=O)[C@@H]1CCN(CC(=O)N2CC=C(c3ncc(-c4ncn(C)n4)s3)CC2)C1)c1ccc2[nH]nc(-c3ccc(OC(C)C)cc3)c2c1. The van der Waals surface area contributed by atoms with Crippen molar-refractivity contribution >= 4 is 45.3 Å². The molecule has 2 aromatic carbocycles. The van der Waals surface area contributed by atoms with Crippen molar-refractivity contribution in [3.63, 3.8) is 0 Å². The zero-order valence-corrected chi connectivity index (χ0v) is 29.8. The lowest BCUT2D eigenvalue weighted by atomic mass is 10.0. The van der Waals surface area contributed by atoms with E-state index in [1.807, 2.05) is 73.3 Å². The van der Waals surface area contributed by atoms with Crippen molar-refractivity contribution in [3.8, 4) is 27.7 Å². The standard InChI is InChI=1S/C37H43N9O3S/c1-5-15-46(28-8-11-31-30(19-28)34(41-40-31)25-6-9-29(10-7-25)49-24(2)3)37(48)27-12-16-44(21-27)22-33(47)45-17-13-26(14-18-45)36-38-20-32(50-36)35-39-23-43(4)42-35/h6-11,13,19-20,23-24,27H,5,12,14-18,21-22H2,1-4H3,(H,40,41)/t27-/m1/s1. The summed E-state index contributed by atoms with van der Waals surface area (Å²) in [6.45, 7) is 9.55. The summed E-state index contributed by atoms with van der Waals surface area (Å²) in [5, 5.41) is 14.0. The lowest BCUT2D eigenvalue weighted by Gasteiger charge is -2.28. The molecule has 0 radical (unpaired) electrons. The minimum Gasteiger partial charge on any atom is -0.491 e. The number of nitrogens with one attached hydrogen (secondary N) is 1. The van der Waals surface area contributed by atoms with Crippen molar-refractivity contribution in [1.29, 1.82) is 0 Å². The average Bonchev–Trinajstić information content (AvgIpc) is 3.94. The third kappa shape index (κ3) is 7.19. The van der Waals surface area contributed by atoms with Gasteiger partial charge in [0.1, 0.15) is 17.1 Å². The third-order valence-corrected chi connectivity index (χ3v) is 10.3. The molecule has 0 spiro atoms. The van der Waals surface area contributed by atoms with Gasteiger partial charge in [-0.1, -0.05) is 13.0 Å². The van der Waals surface area contributed by atoms with Crippen molar-refractivity contribution in [2.75, 3.05) is 44.2 Å². The topological polar surface area (TPSA) is 125 Å². The van der Waals surface area contributed by atoms with Gasteiger partial charge in [-0.15, -0.1) is 11.3 Å². The highest BCUT2D eigenvalue weighted by Crippen LogP contribution is 2.33. The van der Waals surface area contributed by atoms with Gasteiger partial charge in [-0.25, -0.2) is 9.97 Å². The molecule has 2 aliphatic rings. The van der Waals surface area contributed by atoms with E-state index in [1.54, 1.807) is 22.3 Å². The molecular weight excluding hydrogens is 651 g/mol. The van der Waals surface area contributed by atoms with Crippen molar-refractivity contribution in [2.24, 2.45) is 13.0 Å². The van der Waals surface area contributed by atoms with Crippen LogP contribution >= 0.6 is 11.3 Å². The summed E-state index contributed by atoms with van der Waals surface area (Å²) in [6, 6.07) is 14.0. The second-order valence-corrected chi connectivity index (χ2v) is 14.3. The number of hydrogen-bond donors (Lipinski definition) is 1. The van der Waals surface area contributed by atoms with Gasteiger partial charge >= 0.3 is 0 Å². The number of carbonyl (C=O) groups excluding carboxylic acids is 2. The molecule has 3 aromatic heterocycles. The van der Waals surface area contributed by atoms with Crippen LogP contribution in [-0.4, -0.2) is 96.9 Å². The van der Waals surface area contributed by atoms with Gasteiger partial charge in [0.2, 0.25) is 11.8 Å². The summed E-state index contributed by atoms with van der Waals surface area (Å²) in [6.07, 6.45) is 8.03. The molecule has 50 heavy (non-hydrogen) atoms. The van der Waals surface area contributed by atoms with E-state index in [2.05, 4.69) is 49.2 Å². The first-order chi connectivity index (χ1) is 24.2. The van der Waals surface area contributed by atoms with E-state index in [1.165, 1.54) is 0 Å². The van der Waals surface area contributed by atoms with Crippen molar-refractivity contribution in [1.82, 2.24) is 39.7 Å². The molecule has 1 N–H and O–H groups in total. The number of amides is 2. The number of ether oxygens (including phenoxy) is 1. The Labute approximate surface area is 295 Å². The average molecular weight is 694 g/mol. The molecule has 12 nitrogen and oxygen atoms in total. The first-order valence-electron chi connectivity index (χ1n) is 17.3. The van der Waals surface area contributed by atoms with Crippen LogP contribution in [-0.2, 0) is 16.6 Å². The van der Waals surface area contributed by atoms with Gasteiger partial charge in [0.15, 0.2) is 5.82 Å². The zero-order valence-electron chi connectivity index (χ0n) is 29.0. The molecular formula is C37H43N9O3S. The Balaban J connectivity index is 0.973. The molecule has 2 aliphatic heterocycles. The molecule has 2 amide bonds. The fraction of sp³-hybridized carbons (Fsp3) is 0.405. The lowest BCUT2D eigenvalue weighted by molar-refractivity contribution is -0.132. The number of thiazole rings is 1. The quantitative estimate of drug-likeness (QED) is 0.188. The number of aromatic amines is 1. The number of rotatable bonds is 11. The van der Waals surface area contributed by atoms with Crippen LogP contribution < -0.4 is 9.64 Å². The van der Waals surface area contributed by atoms with Gasteiger partial charge in [-0.3, -0.25) is 24.3 Å². The first kappa shape index (κ1) is 33.6. The minimum absolute atomic E-state index is 0.0954. The molecule has 0 bridgehead atoms. The Morgan fingerprint density at radius 1 is 1.12 bits per heavy atom. The molecule has 1 atom stereocenters. The summed E-state index contributed by atoms with van der Waals surface area (Å²) in [4.78, 5) is 43.2. The maximum Gasteiger partial charge on any atom is 0.237 e. The van der Waals surface area contributed by atoms with E-state index in [-0.39, 0.29) is 23.8 Å². The number of anilines is 1. The predicted molar refractivity (Wildman–Crippen MR) is 196 cm³/mol. The first-order valence-corrected chi connectivity index (χ1v) is 18.1. The Hall–Kier alpha value is -4.88. The van der Waals surface area contributed by atoms with Gasteiger partial charge in [-0.2, -0.15) is 10.2 Å². The summed E-state index contributed by atoms with van der Waals surface area (Å²) in [7, 11) is 1.85. The van der Waals surface area contributed by atoms with E-state index in [4.69, 9.17) is 4.74 Å². The molecule has 0 aliphatic carbocycles. The second kappa shape index (κ2) is 14.5. The van der Waals surface area contributed by atoms with Crippen molar-refractivity contribution < 1.29 is 14.3 Å². The molecule has 1 saturated heterocycles. The molecule has 0 saturated carbocycles. The number of H-pyrrole nitrogens is 1. The van der Waals surface area contributed by atoms with Crippen LogP contribution in [0.15, 0.2) is 61.1 Å². The van der Waals surface area contributed by atoms with Crippen LogP contribution in [0.3, 0.4) is 0 Å². The molecule has 5 aromatic rings. The second-order valence-electron chi connectivity index (χ2n) is 13.3. The number of aromatic nitrogens is 6. The van der Waals surface area contributed by atoms with Crippen molar-refractivity contribution in [3.05, 3.63) is 66.1 Å². The number of fused-ring (bicyclic) bond motifs is 1. The molecule has 13 heteroatoms. The molecule has 7 rings (SSSR count). The summed E-state index contributed by atoms with van der Waals surface area (Å²) < 4.78 is 7.49. The lowest BCUT2D eigenvalue weighted by Crippen LogP contribution is -2.42. The van der Waals surface area contributed by atoms with Gasteiger partial charge in [0, 0.05) is 56.1 Å². The largest absolute Gasteiger partial charge is 0.491 e. The van der Waals surface area contributed by atoms with Gasteiger partial charge < -0.3 is 14.5 Å². The fourth-order valence-corrected chi connectivity index (χ4v) is 7.62. The molecule has 5 heterocycles. The Bertz CT molecular complexity index is 2010. The summed E-state index contributed by atoms with van der Waals surface area (Å²) in [5.74, 6) is 1.53. The third-order valence-electron chi connectivity index (χ3n) is 9.21. The highest BCUT2D eigenvalue weighted by atomic mass is 32.1. The minimum atomic E-state index is -0.164. The fourth-order valence-electron chi connectivity index (χ4n) is 6.70. The monoisotopic (exact) mass is 693 g/mol. The Morgan fingerprint density at radius 3 is 2.68 bits per heavy atom. The van der Waals surface area contributed by atoms with Gasteiger partial charge in [0.05, 0.1) is 34.7 Å². The maximum absolute atomic E-state index is 14.0. The van der Waals surface area contributed by atoms with E-state index in [0.29, 0.717) is 38.5 Å². The molecule has 0 unspecified atom stereocenters. The maximum atomic E-state index is 14.0. The van der Waals surface area contributed by atoms with E-state index < -0.39 is 0 Å².